The lowest BCUT2D eigenvalue weighted by Gasteiger charge is -2.63. The number of hydrogen-bond donors (Lipinski definition) is 3. The van der Waals surface area contributed by atoms with Crippen LogP contribution in [0.3, 0.4) is 0 Å². The summed E-state index contributed by atoms with van der Waals surface area (Å²) in [7, 11) is 0. The van der Waals surface area contributed by atoms with E-state index >= 15 is 0 Å². The lowest BCUT2D eigenvalue weighted by atomic mass is 9.43. The van der Waals surface area contributed by atoms with E-state index in [4.69, 9.17) is 4.74 Å². The minimum absolute atomic E-state index is 0.0861. The van der Waals surface area contributed by atoms with Crippen molar-refractivity contribution in [3.05, 3.63) is 34.3 Å². The number of carbonyl (C=O) groups is 2. The highest BCUT2D eigenvalue weighted by Crippen LogP contribution is 2.68. The maximum Gasteiger partial charge on any atom is 0.309 e. The Balaban J connectivity index is 1.15. The number of fused-ring (bicyclic) bond motifs is 5. The Hall–Kier alpha value is -1.28. The third-order valence-electron chi connectivity index (χ3n) is 12.7. The molecule has 0 spiro atoms. The van der Waals surface area contributed by atoms with Crippen molar-refractivity contribution in [3.63, 3.8) is 0 Å². The van der Waals surface area contributed by atoms with Crippen LogP contribution in [0.4, 0.5) is 0 Å². The summed E-state index contributed by atoms with van der Waals surface area (Å²) in [4.78, 5) is 25.0. The summed E-state index contributed by atoms with van der Waals surface area (Å²) in [5.74, 6) is 1.16. The van der Waals surface area contributed by atoms with Crippen LogP contribution in [0.25, 0.3) is 0 Å². The summed E-state index contributed by atoms with van der Waals surface area (Å²) in [6.07, 6.45) is 7.84. The quantitative estimate of drug-likeness (QED) is 0.207. The van der Waals surface area contributed by atoms with E-state index in [1.54, 1.807) is 24.3 Å². The highest BCUT2D eigenvalue weighted by atomic mass is 79.9. The van der Waals surface area contributed by atoms with Crippen LogP contribution in [0, 0.1) is 52.3 Å². The highest BCUT2D eigenvalue weighted by Gasteiger charge is 2.65. The van der Waals surface area contributed by atoms with Crippen LogP contribution in [0.2, 0.25) is 0 Å². The monoisotopic (exact) mass is 646 g/mol. The molecule has 0 unspecified atom stereocenters. The van der Waals surface area contributed by atoms with Crippen molar-refractivity contribution in [2.45, 2.75) is 110 Å². The van der Waals surface area contributed by atoms with Gasteiger partial charge in [0.1, 0.15) is 0 Å². The van der Waals surface area contributed by atoms with Gasteiger partial charge in [0, 0.05) is 10.0 Å². The minimum atomic E-state index is -0.384. The minimum Gasteiger partial charge on any atom is -0.457 e. The zero-order chi connectivity index (χ0) is 30.4. The van der Waals surface area contributed by atoms with Crippen LogP contribution in [-0.4, -0.2) is 52.0 Å². The fraction of sp³-hybridized carbons (Fsp3) is 0.771. The molecule has 0 radical (unpaired) electrons. The summed E-state index contributed by atoms with van der Waals surface area (Å²) in [6, 6.07) is 7.03. The van der Waals surface area contributed by atoms with Gasteiger partial charge >= 0.3 is 5.97 Å². The maximum absolute atomic E-state index is 12.6. The van der Waals surface area contributed by atoms with Crippen molar-refractivity contribution in [1.29, 1.82) is 0 Å². The fourth-order valence-corrected chi connectivity index (χ4v) is 10.5. The Morgan fingerprint density at radius 2 is 1.69 bits per heavy atom. The molecule has 4 fully saturated rings. The number of aliphatic hydroxyl groups is 3. The lowest BCUT2D eigenvalue weighted by molar-refractivity contribution is -0.207. The molecule has 0 bridgehead atoms. The van der Waals surface area contributed by atoms with Crippen LogP contribution in [-0.2, 0) is 9.53 Å². The molecule has 234 valence electrons. The number of benzene rings is 1. The van der Waals surface area contributed by atoms with Gasteiger partial charge in [-0.2, -0.15) is 0 Å². The molecule has 12 atom stereocenters. The van der Waals surface area contributed by atoms with Gasteiger partial charge in [-0.15, -0.1) is 0 Å². The van der Waals surface area contributed by atoms with E-state index in [9.17, 15) is 24.9 Å². The zero-order valence-electron chi connectivity index (χ0n) is 25.8. The molecular weight excluding hydrogens is 596 g/mol. The van der Waals surface area contributed by atoms with Gasteiger partial charge < -0.3 is 20.1 Å². The van der Waals surface area contributed by atoms with Crippen molar-refractivity contribution < 1.29 is 29.6 Å². The van der Waals surface area contributed by atoms with E-state index in [1.807, 2.05) is 6.92 Å². The summed E-state index contributed by atoms with van der Waals surface area (Å²) >= 11 is 3.36. The molecule has 0 amide bonds. The van der Waals surface area contributed by atoms with Gasteiger partial charge in [-0.1, -0.05) is 68.6 Å². The average Bonchev–Trinajstić information content (AvgIpc) is 3.31. The largest absolute Gasteiger partial charge is 0.457 e. The molecule has 0 aliphatic heterocycles. The van der Waals surface area contributed by atoms with Gasteiger partial charge in [-0.25, -0.2) is 0 Å². The Kier molecular flexibility index (Phi) is 9.64. The Morgan fingerprint density at radius 1 is 0.976 bits per heavy atom. The molecule has 7 heteroatoms. The normalized spacial score (nSPS) is 40.8. The second kappa shape index (κ2) is 12.6. The smallest absolute Gasteiger partial charge is 0.309 e. The molecule has 4 aliphatic rings. The molecular formula is C35H51BrO6. The number of halogens is 1. The molecule has 4 aliphatic carbocycles. The van der Waals surface area contributed by atoms with Crippen molar-refractivity contribution >= 4 is 27.7 Å². The van der Waals surface area contributed by atoms with E-state index in [0.29, 0.717) is 41.6 Å². The topological polar surface area (TPSA) is 104 Å². The summed E-state index contributed by atoms with van der Waals surface area (Å²) in [5, 5.41) is 33.6. The number of hydrogen-bond acceptors (Lipinski definition) is 6. The van der Waals surface area contributed by atoms with Crippen molar-refractivity contribution in [1.82, 2.24) is 0 Å². The van der Waals surface area contributed by atoms with E-state index in [1.165, 1.54) is 0 Å². The lowest BCUT2D eigenvalue weighted by Crippen LogP contribution is -2.62. The first-order valence-corrected chi connectivity index (χ1v) is 17.1. The number of ketones is 1. The van der Waals surface area contributed by atoms with Gasteiger partial charge in [0.15, 0.2) is 12.4 Å². The molecule has 3 N–H and O–H groups in total. The van der Waals surface area contributed by atoms with Gasteiger partial charge in [-0.3, -0.25) is 9.59 Å². The van der Waals surface area contributed by atoms with Gasteiger partial charge in [0.05, 0.1) is 24.2 Å². The van der Waals surface area contributed by atoms with Crippen molar-refractivity contribution in [2.75, 3.05) is 6.61 Å². The van der Waals surface area contributed by atoms with Gasteiger partial charge in [0.25, 0.3) is 0 Å². The number of carbonyl (C=O) groups excluding carboxylic acids is 2. The predicted molar refractivity (Wildman–Crippen MR) is 166 cm³/mol. The molecule has 6 nitrogen and oxygen atoms in total. The van der Waals surface area contributed by atoms with Crippen LogP contribution < -0.4 is 0 Å². The summed E-state index contributed by atoms with van der Waals surface area (Å²) in [6.45, 7) is 8.60. The SMILES string of the molecule is C[C@H](CCC[C@@H](C)[C@H]1CC[C@H]2[C@@H]3[C@H](O)C[C@@H]4C[C@H](O)CC[C@]4(C)[C@H]3C[C@H](O)[C@]12C)C(=O)OCC(=O)c1ccc(Br)cc1. The van der Waals surface area contributed by atoms with E-state index in [2.05, 4.69) is 36.7 Å². The molecule has 0 heterocycles. The molecule has 5 rings (SSSR count). The molecule has 0 saturated heterocycles. The first-order valence-electron chi connectivity index (χ1n) is 16.4. The van der Waals surface area contributed by atoms with Crippen LogP contribution in [0.1, 0.15) is 102 Å². The highest BCUT2D eigenvalue weighted by molar-refractivity contribution is 9.10. The maximum atomic E-state index is 12.6. The Bertz CT molecular complexity index is 1120. The second-order valence-electron chi connectivity index (χ2n) is 14.9. The van der Waals surface area contributed by atoms with E-state index < -0.39 is 0 Å². The van der Waals surface area contributed by atoms with E-state index in [0.717, 1.165) is 62.3 Å². The number of Topliss-reactive ketones (excluding diaryl/α,β-unsaturated/α-hetero) is 1. The van der Waals surface area contributed by atoms with Crippen molar-refractivity contribution in [2.24, 2.45) is 52.3 Å². The molecule has 1 aromatic carbocycles. The molecule has 42 heavy (non-hydrogen) atoms. The third kappa shape index (κ3) is 5.89. The number of esters is 1. The number of rotatable bonds is 9. The zero-order valence-corrected chi connectivity index (χ0v) is 27.4. The standard InChI is InChI=1S/C35H51BrO6/c1-20(6-5-7-21(2)33(41)42-19-30(39)22-8-10-24(36)11-9-22)26-12-13-27-32-28(18-31(40)35(26,27)4)34(3)15-14-25(37)16-23(34)17-29(32)38/h8-11,20-21,23,25-29,31-32,37-38,40H,5-7,12-19H2,1-4H3/t20-,21-,23+,25-,26-,27+,28+,29-,31+,32+,34+,35-/m1/s1. The Morgan fingerprint density at radius 3 is 2.40 bits per heavy atom. The van der Waals surface area contributed by atoms with Crippen molar-refractivity contribution in [3.8, 4) is 0 Å². The summed E-state index contributed by atoms with van der Waals surface area (Å²) in [5.41, 5.74) is 0.402. The molecule has 4 saturated carbocycles. The number of aliphatic hydroxyl groups excluding tert-OH is 3. The van der Waals surface area contributed by atoms with Gasteiger partial charge in [0.2, 0.25) is 0 Å². The summed E-state index contributed by atoms with van der Waals surface area (Å²) < 4.78 is 6.24. The fourth-order valence-electron chi connectivity index (χ4n) is 10.2. The first-order chi connectivity index (χ1) is 19.9. The second-order valence-corrected chi connectivity index (χ2v) is 15.8. The molecule has 0 aromatic heterocycles. The van der Waals surface area contributed by atoms with E-state index in [-0.39, 0.29) is 59.3 Å². The Labute approximate surface area is 260 Å². The third-order valence-corrected chi connectivity index (χ3v) is 13.3. The van der Waals surface area contributed by atoms with Crippen LogP contribution in [0.15, 0.2) is 28.7 Å². The predicted octanol–water partition coefficient (Wildman–Crippen LogP) is 6.58. The number of ether oxygens (including phenoxy) is 1. The van der Waals surface area contributed by atoms with Crippen LogP contribution >= 0.6 is 15.9 Å². The van der Waals surface area contributed by atoms with Crippen LogP contribution in [0.5, 0.6) is 0 Å². The average molecular weight is 648 g/mol. The van der Waals surface area contributed by atoms with Gasteiger partial charge in [-0.05, 0) is 110 Å². The first kappa shape index (κ1) is 32.1. The molecule has 1 aromatic rings.